The topological polar surface area (TPSA) is 98.6 Å². The molecule has 2 aliphatic rings. The average molecular weight is 582 g/mol. The Balaban J connectivity index is 1.73. The van der Waals surface area contributed by atoms with E-state index >= 15 is 4.39 Å². The maximum absolute atomic E-state index is 15.4. The Bertz CT molecular complexity index is 1740. The molecule has 1 N–H and O–H groups in total. The molecule has 1 spiro atoms. The molecule has 1 atom stereocenters. The van der Waals surface area contributed by atoms with Crippen molar-refractivity contribution in [1.29, 1.82) is 0 Å². The van der Waals surface area contributed by atoms with Crippen LogP contribution in [-0.4, -0.2) is 40.6 Å². The SMILES string of the molecule is COc1ncc(-n2cc3c(c2C(C)C)C2(C(=O)Nc4cc(Cl)ccc42)N(c2cc(Cl)ccc2F)C3=O)c(OC)n1. The number of amides is 2. The second-order valence-corrected chi connectivity index (χ2v) is 10.5. The monoisotopic (exact) mass is 581 g/mol. The highest BCUT2D eigenvalue weighted by molar-refractivity contribution is 6.32. The van der Waals surface area contributed by atoms with Crippen molar-refractivity contribution in [2.24, 2.45) is 0 Å². The summed E-state index contributed by atoms with van der Waals surface area (Å²) in [5.41, 5.74) is 0.631. The van der Waals surface area contributed by atoms with Crippen LogP contribution in [0.1, 0.15) is 46.9 Å². The van der Waals surface area contributed by atoms with Gasteiger partial charge >= 0.3 is 6.01 Å². The molecule has 0 saturated heterocycles. The summed E-state index contributed by atoms with van der Waals surface area (Å²) in [6.45, 7) is 3.86. The van der Waals surface area contributed by atoms with Crippen LogP contribution in [0.25, 0.3) is 5.69 Å². The molecule has 0 aliphatic carbocycles. The number of aromatic nitrogens is 3. The van der Waals surface area contributed by atoms with Gasteiger partial charge in [-0.3, -0.25) is 14.5 Å². The highest BCUT2D eigenvalue weighted by Crippen LogP contribution is 2.56. The van der Waals surface area contributed by atoms with E-state index in [9.17, 15) is 9.59 Å². The van der Waals surface area contributed by atoms with Crippen LogP contribution in [0.2, 0.25) is 10.0 Å². The van der Waals surface area contributed by atoms with Gasteiger partial charge in [0.25, 0.3) is 11.8 Å². The number of methoxy groups -OCH3 is 2. The van der Waals surface area contributed by atoms with E-state index in [2.05, 4.69) is 15.3 Å². The molecule has 0 fully saturated rings. The van der Waals surface area contributed by atoms with Gasteiger partial charge in [0.2, 0.25) is 5.88 Å². The minimum absolute atomic E-state index is 0.0996. The zero-order valence-corrected chi connectivity index (χ0v) is 23.3. The largest absolute Gasteiger partial charge is 0.479 e. The molecule has 9 nitrogen and oxygen atoms in total. The van der Waals surface area contributed by atoms with Gasteiger partial charge < -0.3 is 19.4 Å². The number of rotatable bonds is 5. The number of fused-ring (bicyclic) bond motifs is 4. The fourth-order valence-corrected chi connectivity index (χ4v) is 6.00. The van der Waals surface area contributed by atoms with E-state index in [1.807, 2.05) is 13.8 Å². The van der Waals surface area contributed by atoms with Crippen LogP contribution in [0.15, 0.2) is 48.8 Å². The standard InChI is InChI=1S/C28H22Cl2FN5O4/c1-13(2)23-22-16(12-35(23)21-11-32-27(40-4)34-24(21)39-3)25(37)36(20-10-15(30)6-8-18(20)31)28(22)17-7-5-14(29)9-19(17)33-26(28)38/h5-13H,1-4H3,(H,33,38). The van der Waals surface area contributed by atoms with Gasteiger partial charge in [-0.15, -0.1) is 0 Å². The summed E-state index contributed by atoms with van der Waals surface area (Å²) in [5, 5.41) is 3.47. The lowest BCUT2D eigenvalue weighted by Crippen LogP contribution is -2.51. The van der Waals surface area contributed by atoms with Gasteiger partial charge in [-0.2, -0.15) is 4.98 Å². The first-order chi connectivity index (χ1) is 19.1. The number of nitrogens with one attached hydrogen (secondary N) is 1. The van der Waals surface area contributed by atoms with Crippen molar-refractivity contribution >= 4 is 46.4 Å². The van der Waals surface area contributed by atoms with E-state index in [0.717, 1.165) is 0 Å². The Hall–Kier alpha value is -4.15. The van der Waals surface area contributed by atoms with Crippen molar-refractivity contribution in [1.82, 2.24) is 14.5 Å². The van der Waals surface area contributed by atoms with Crippen LogP contribution < -0.4 is 19.7 Å². The quantitative estimate of drug-likeness (QED) is 0.324. The smallest absolute Gasteiger partial charge is 0.319 e. The molecule has 2 aromatic heterocycles. The van der Waals surface area contributed by atoms with E-state index in [1.165, 1.54) is 43.5 Å². The summed E-state index contributed by atoms with van der Waals surface area (Å²) >= 11 is 12.5. The summed E-state index contributed by atoms with van der Waals surface area (Å²) in [6, 6.07) is 8.89. The molecule has 4 heterocycles. The Kier molecular flexibility index (Phi) is 6.01. The van der Waals surface area contributed by atoms with Crippen molar-refractivity contribution < 1.29 is 23.5 Å². The van der Waals surface area contributed by atoms with E-state index < -0.39 is 23.2 Å². The fraction of sp³-hybridized carbons (Fsp3) is 0.214. The van der Waals surface area contributed by atoms with Crippen LogP contribution in [0.4, 0.5) is 15.8 Å². The summed E-state index contributed by atoms with van der Waals surface area (Å²) < 4.78 is 27.9. The highest BCUT2D eigenvalue weighted by atomic mass is 35.5. The maximum Gasteiger partial charge on any atom is 0.319 e. The third-order valence-electron chi connectivity index (χ3n) is 7.17. The molecule has 12 heteroatoms. The van der Waals surface area contributed by atoms with Gasteiger partial charge in [0.15, 0.2) is 5.54 Å². The molecule has 6 rings (SSSR count). The number of halogens is 3. The number of anilines is 2. The molecule has 0 radical (unpaired) electrons. The van der Waals surface area contributed by atoms with Crippen molar-refractivity contribution in [2.75, 3.05) is 24.4 Å². The number of ether oxygens (including phenoxy) is 2. The summed E-state index contributed by atoms with van der Waals surface area (Å²) in [4.78, 5) is 38.2. The summed E-state index contributed by atoms with van der Waals surface area (Å²) in [6.07, 6.45) is 3.12. The predicted molar refractivity (Wildman–Crippen MR) is 148 cm³/mol. The zero-order valence-electron chi connectivity index (χ0n) is 21.8. The lowest BCUT2D eigenvalue weighted by atomic mass is 9.81. The van der Waals surface area contributed by atoms with Gasteiger partial charge in [0.05, 0.1) is 31.7 Å². The van der Waals surface area contributed by atoms with Crippen LogP contribution in [0, 0.1) is 5.82 Å². The number of carbonyl (C=O) groups is 2. The predicted octanol–water partition coefficient (Wildman–Crippen LogP) is 5.71. The summed E-state index contributed by atoms with van der Waals surface area (Å²) in [5.74, 6) is -1.85. The van der Waals surface area contributed by atoms with Crippen molar-refractivity contribution in [3.63, 3.8) is 0 Å². The van der Waals surface area contributed by atoms with Crippen molar-refractivity contribution in [2.45, 2.75) is 25.3 Å². The molecular formula is C28H22Cl2FN5O4. The minimum Gasteiger partial charge on any atom is -0.479 e. The Morgan fingerprint density at radius 3 is 2.45 bits per heavy atom. The molecule has 2 aliphatic heterocycles. The average Bonchev–Trinajstić information content (AvgIpc) is 3.53. The molecule has 1 unspecified atom stereocenters. The van der Waals surface area contributed by atoms with E-state index in [4.69, 9.17) is 32.7 Å². The van der Waals surface area contributed by atoms with Gasteiger partial charge in [0, 0.05) is 38.8 Å². The Labute approximate surface area is 238 Å². The number of benzene rings is 2. The molecular weight excluding hydrogens is 560 g/mol. The van der Waals surface area contributed by atoms with Crippen molar-refractivity contribution in [3.8, 4) is 17.6 Å². The van der Waals surface area contributed by atoms with Crippen LogP contribution in [-0.2, 0) is 10.3 Å². The number of hydrogen-bond donors (Lipinski definition) is 1. The summed E-state index contributed by atoms with van der Waals surface area (Å²) in [7, 11) is 2.89. The second-order valence-electron chi connectivity index (χ2n) is 9.67. The lowest BCUT2D eigenvalue weighted by Gasteiger charge is -2.36. The van der Waals surface area contributed by atoms with Crippen LogP contribution in [0.3, 0.4) is 0 Å². The van der Waals surface area contributed by atoms with Gasteiger partial charge in [-0.1, -0.05) is 43.1 Å². The highest BCUT2D eigenvalue weighted by Gasteiger charge is 2.63. The first-order valence-electron chi connectivity index (χ1n) is 12.3. The fourth-order valence-electron chi connectivity index (χ4n) is 5.66. The van der Waals surface area contributed by atoms with E-state index in [1.54, 1.807) is 29.0 Å². The van der Waals surface area contributed by atoms with E-state index in [0.29, 0.717) is 33.2 Å². The maximum atomic E-state index is 15.4. The number of hydrogen-bond acceptors (Lipinski definition) is 6. The van der Waals surface area contributed by atoms with Gasteiger partial charge in [-0.05, 0) is 36.2 Å². The number of carbonyl (C=O) groups excluding carboxylic acids is 2. The third-order valence-corrected chi connectivity index (χ3v) is 7.64. The molecule has 0 saturated carbocycles. The zero-order chi connectivity index (χ0) is 28.5. The first-order valence-corrected chi connectivity index (χ1v) is 13.0. The van der Waals surface area contributed by atoms with Crippen molar-refractivity contribution in [3.05, 3.63) is 87.0 Å². The Morgan fingerprint density at radius 2 is 1.75 bits per heavy atom. The molecule has 0 bridgehead atoms. The van der Waals surface area contributed by atoms with Crippen LogP contribution in [0.5, 0.6) is 11.9 Å². The molecule has 2 aromatic carbocycles. The van der Waals surface area contributed by atoms with Crippen LogP contribution >= 0.6 is 23.2 Å². The minimum atomic E-state index is -1.76. The lowest BCUT2D eigenvalue weighted by molar-refractivity contribution is -0.119. The Morgan fingerprint density at radius 1 is 1.02 bits per heavy atom. The molecule has 204 valence electrons. The van der Waals surface area contributed by atoms with Gasteiger partial charge in [-0.25, -0.2) is 9.37 Å². The first kappa shape index (κ1) is 26.1. The molecule has 40 heavy (non-hydrogen) atoms. The molecule has 4 aromatic rings. The second kappa shape index (κ2) is 9.21. The molecule has 2 amide bonds. The van der Waals surface area contributed by atoms with E-state index in [-0.39, 0.29) is 34.1 Å². The normalized spacial score (nSPS) is 17.4. The van der Waals surface area contributed by atoms with Gasteiger partial charge in [0.1, 0.15) is 11.5 Å². The third kappa shape index (κ3) is 3.45. The number of nitrogens with zero attached hydrogens (tertiary/aromatic N) is 4.